The molecule has 2 aromatic heterocycles. The lowest BCUT2D eigenvalue weighted by Crippen LogP contribution is -2.24. The van der Waals surface area contributed by atoms with Gasteiger partial charge < -0.3 is 9.88 Å². The first-order chi connectivity index (χ1) is 14.3. The number of nitrogens with one attached hydrogen (secondary N) is 1. The van der Waals surface area contributed by atoms with E-state index in [4.69, 9.17) is 4.98 Å². The van der Waals surface area contributed by atoms with Crippen molar-refractivity contribution in [3.05, 3.63) is 52.5 Å². The number of amides is 1. The van der Waals surface area contributed by atoms with Crippen LogP contribution >= 0.6 is 11.3 Å². The molecule has 0 fully saturated rings. The maximum absolute atomic E-state index is 12.3. The molecule has 1 aromatic carbocycles. The Morgan fingerprint density at radius 2 is 1.69 bits per heavy atom. The molecule has 0 aliphatic heterocycles. The fraction of sp³-hybridized carbons (Fsp3) is 0.500. The molecule has 0 bridgehead atoms. The van der Waals surface area contributed by atoms with E-state index in [1.165, 1.54) is 62.7 Å². The second kappa shape index (κ2) is 11.8. The number of nitrogens with zero attached hydrogens (tertiary/aromatic N) is 2. The number of rotatable bonds is 13. The summed E-state index contributed by atoms with van der Waals surface area (Å²) in [6, 6.07) is 12.0. The fourth-order valence-corrected chi connectivity index (χ4v) is 4.38. The molecule has 0 aliphatic carbocycles. The second-order valence-corrected chi connectivity index (χ2v) is 8.60. The van der Waals surface area contributed by atoms with Gasteiger partial charge in [0.1, 0.15) is 5.82 Å². The number of carbonyl (C=O) groups is 1. The highest BCUT2D eigenvalue weighted by Gasteiger charge is 2.12. The number of aryl methyl sites for hydroxylation is 1. The molecule has 0 atom stereocenters. The average Bonchev–Trinajstić information content (AvgIpc) is 3.39. The predicted molar refractivity (Wildman–Crippen MR) is 122 cm³/mol. The third-order valence-electron chi connectivity index (χ3n) is 5.37. The lowest BCUT2D eigenvalue weighted by atomic mass is 10.1. The molecule has 3 aromatic rings. The Morgan fingerprint density at radius 3 is 2.41 bits per heavy atom. The summed E-state index contributed by atoms with van der Waals surface area (Å²) < 4.78 is 2.28. The zero-order valence-electron chi connectivity index (χ0n) is 17.5. The quantitative estimate of drug-likeness (QED) is 0.324. The smallest absolute Gasteiger partial charge is 0.261 e. The first-order valence-corrected chi connectivity index (χ1v) is 11.9. The number of unbranched alkanes of at least 4 members (excludes halogenated alkanes) is 8. The van der Waals surface area contributed by atoms with Gasteiger partial charge in [-0.05, 0) is 30.0 Å². The summed E-state index contributed by atoms with van der Waals surface area (Å²) in [5, 5.41) is 4.95. The summed E-state index contributed by atoms with van der Waals surface area (Å²) in [7, 11) is 0. The van der Waals surface area contributed by atoms with Crippen LogP contribution in [0.1, 0.15) is 80.2 Å². The van der Waals surface area contributed by atoms with Crippen LogP contribution in [0.25, 0.3) is 11.0 Å². The number of thiophene rings is 1. The number of carbonyl (C=O) groups excluding carboxylic acids is 1. The third kappa shape index (κ3) is 6.43. The van der Waals surface area contributed by atoms with Crippen LogP contribution < -0.4 is 5.32 Å². The van der Waals surface area contributed by atoms with Crippen molar-refractivity contribution >= 4 is 28.3 Å². The predicted octanol–water partition coefficient (Wildman–Crippen LogP) is 6.56. The van der Waals surface area contributed by atoms with Crippen LogP contribution in [0.4, 0.5) is 0 Å². The van der Waals surface area contributed by atoms with Gasteiger partial charge in [-0.25, -0.2) is 4.98 Å². The van der Waals surface area contributed by atoms with Gasteiger partial charge in [0, 0.05) is 6.54 Å². The Morgan fingerprint density at radius 1 is 0.966 bits per heavy atom. The van der Waals surface area contributed by atoms with Crippen molar-refractivity contribution in [1.82, 2.24) is 14.9 Å². The molecule has 3 rings (SSSR count). The van der Waals surface area contributed by atoms with Crippen LogP contribution in [-0.2, 0) is 13.1 Å². The van der Waals surface area contributed by atoms with Crippen molar-refractivity contribution in [3.8, 4) is 0 Å². The summed E-state index contributed by atoms with van der Waals surface area (Å²) in [5.41, 5.74) is 2.16. The Kier molecular flexibility index (Phi) is 8.75. The minimum atomic E-state index is -0.0262. The van der Waals surface area contributed by atoms with E-state index in [0.29, 0.717) is 6.54 Å². The topological polar surface area (TPSA) is 46.9 Å². The van der Waals surface area contributed by atoms with Gasteiger partial charge in [0.05, 0.1) is 22.5 Å². The number of hydrogen-bond donors (Lipinski definition) is 1. The molecule has 1 N–H and O–H groups in total. The van der Waals surface area contributed by atoms with Crippen molar-refractivity contribution in [2.45, 2.75) is 77.8 Å². The number of hydrogen-bond acceptors (Lipinski definition) is 3. The molecule has 0 aliphatic rings. The standard InChI is InChI=1S/C24H33N3OS/c1-2-3-4-5-6-7-8-9-12-17-27-21-15-11-10-14-20(21)26-23(27)19-25-24(28)22-16-13-18-29-22/h10-11,13-16,18H,2-9,12,17,19H2,1H3,(H,25,28). The normalized spacial score (nSPS) is 11.2. The molecule has 0 radical (unpaired) electrons. The lowest BCUT2D eigenvalue weighted by molar-refractivity contribution is 0.0953. The number of imidazole rings is 1. The molecule has 4 nitrogen and oxygen atoms in total. The van der Waals surface area contributed by atoms with Gasteiger partial charge in [-0.3, -0.25) is 4.79 Å². The van der Waals surface area contributed by atoms with Crippen molar-refractivity contribution in [2.75, 3.05) is 0 Å². The van der Waals surface area contributed by atoms with Crippen molar-refractivity contribution in [1.29, 1.82) is 0 Å². The molecular weight excluding hydrogens is 378 g/mol. The minimum absolute atomic E-state index is 0.0262. The van der Waals surface area contributed by atoms with E-state index in [9.17, 15) is 4.79 Å². The summed E-state index contributed by atoms with van der Waals surface area (Å²) in [6.07, 6.45) is 11.9. The van der Waals surface area contributed by atoms with Gasteiger partial charge in [0.15, 0.2) is 0 Å². The van der Waals surface area contributed by atoms with E-state index >= 15 is 0 Å². The van der Waals surface area contributed by atoms with Crippen molar-refractivity contribution in [2.24, 2.45) is 0 Å². The summed E-state index contributed by atoms with van der Waals surface area (Å²) >= 11 is 1.46. The van der Waals surface area contributed by atoms with Crippen molar-refractivity contribution in [3.63, 3.8) is 0 Å². The molecule has 2 heterocycles. The van der Waals surface area contributed by atoms with E-state index in [1.807, 2.05) is 29.6 Å². The third-order valence-corrected chi connectivity index (χ3v) is 6.24. The summed E-state index contributed by atoms with van der Waals surface area (Å²) in [4.78, 5) is 17.8. The van der Waals surface area contributed by atoms with E-state index in [0.717, 1.165) is 34.7 Å². The SMILES string of the molecule is CCCCCCCCCCCn1c(CNC(=O)c2cccs2)nc2ccccc21. The summed E-state index contributed by atoms with van der Waals surface area (Å²) in [6.45, 7) is 3.69. The van der Waals surface area contributed by atoms with Gasteiger partial charge in [-0.15, -0.1) is 11.3 Å². The Hall–Kier alpha value is -2.14. The summed E-state index contributed by atoms with van der Waals surface area (Å²) in [5.74, 6) is 0.914. The van der Waals surface area contributed by atoms with Crippen LogP contribution in [0.15, 0.2) is 41.8 Å². The maximum atomic E-state index is 12.3. The van der Waals surface area contributed by atoms with Gasteiger partial charge >= 0.3 is 0 Å². The highest BCUT2D eigenvalue weighted by atomic mass is 32.1. The molecule has 0 saturated carbocycles. The van der Waals surface area contributed by atoms with Crippen LogP contribution in [-0.4, -0.2) is 15.5 Å². The van der Waals surface area contributed by atoms with Crippen LogP contribution in [0.5, 0.6) is 0 Å². The molecule has 29 heavy (non-hydrogen) atoms. The molecule has 0 spiro atoms. The first-order valence-electron chi connectivity index (χ1n) is 11.1. The largest absolute Gasteiger partial charge is 0.344 e. The molecule has 0 saturated heterocycles. The highest BCUT2D eigenvalue weighted by molar-refractivity contribution is 7.12. The molecule has 1 amide bonds. The fourth-order valence-electron chi connectivity index (χ4n) is 3.74. The maximum Gasteiger partial charge on any atom is 0.261 e. The molecule has 156 valence electrons. The zero-order valence-corrected chi connectivity index (χ0v) is 18.3. The second-order valence-electron chi connectivity index (χ2n) is 7.66. The van der Waals surface area contributed by atoms with E-state index in [-0.39, 0.29) is 5.91 Å². The lowest BCUT2D eigenvalue weighted by Gasteiger charge is -2.10. The van der Waals surface area contributed by atoms with Crippen molar-refractivity contribution < 1.29 is 4.79 Å². The van der Waals surface area contributed by atoms with E-state index in [1.54, 1.807) is 0 Å². The van der Waals surface area contributed by atoms with Gasteiger partial charge in [-0.1, -0.05) is 76.5 Å². The molecular formula is C24H33N3OS. The van der Waals surface area contributed by atoms with Gasteiger partial charge in [0.25, 0.3) is 5.91 Å². The number of benzene rings is 1. The monoisotopic (exact) mass is 411 g/mol. The zero-order chi connectivity index (χ0) is 20.3. The van der Waals surface area contributed by atoms with Crippen LogP contribution in [0.3, 0.4) is 0 Å². The van der Waals surface area contributed by atoms with E-state index < -0.39 is 0 Å². The van der Waals surface area contributed by atoms with Crippen LogP contribution in [0, 0.1) is 0 Å². The minimum Gasteiger partial charge on any atom is -0.344 e. The van der Waals surface area contributed by atoms with E-state index in [2.05, 4.69) is 28.9 Å². The Bertz CT molecular complexity index is 870. The average molecular weight is 412 g/mol. The Balaban J connectivity index is 1.51. The number of fused-ring (bicyclic) bond motifs is 1. The van der Waals surface area contributed by atoms with Gasteiger partial charge in [0.2, 0.25) is 0 Å². The first kappa shape index (κ1) is 21.6. The van der Waals surface area contributed by atoms with Gasteiger partial charge in [-0.2, -0.15) is 0 Å². The number of aromatic nitrogens is 2. The molecule has 5 heteroatoms. The molecule has 0 unspecified atom stereocenters. The Labute approximate surface area is 178 Å². The number of para-hydroxylation sites is 2. The van der Waals surface area contributed by atoms with Crippen LogP contribution in [0.2, 0.25) is 0 Å². The highest BCUT2D eigenvalue weighted by Crippen LogP contribution is 2.18.